The Bertz CT molecular complexity index is 5710. The molecule has 0 spiro atoms. The zero-order valence-electron chi connectivity index (χ0n) is 56.3. The van der Waals surface area contributed by atoms with Gasteiger partial charge in [0.15, 0.2) is 34.9 Å². The molecule has 18 rings (SSSR count). The number of pyridine rings is 4. The quantitative estimate of drug-likeness (QED) is 0.104. The summed E-state index contributed by atoms with van der Waals surface area (Å²) in [4.78, 5) is 49.3. The van der Waals surface area contributed by atoms with E-state index in [1.807, 2.05) is 97.3 Å². The molecule has 0 atom stereocenters. The molecule has 12 aromatic carbocycles. The van der Waals surface area contributed by atoms with Crippen molar-refractivity contribution in [3.63, 3.8) is 0 Å². The van der Waals surface area contributed by atoms with E-state index in [1.54, 1.807) is 12.4 Å². The van der Waals surface area contributed by atoms with E-state index in [4.69, 9.17) is 29.9 Å². The first kappa shape index (κ1) is 63.2. The summed E-state index contributed by atoms with van der Waals surface area (Å²) in [5.41, 5.74) is 21.8. The Morgan fingerprint density at radius 2 is 0.365 bits per heavy atom. The van der Waals surface area contributed by atoms with Crippen LogP contribution in [0.2, 0.25) is 0 Å². The van der Waals surface area contributed by atoms with E-state index >= 15 is 0 Å². The predicted molar refractivity (Wildman–Crippen MR) is 422 cm³/mol. The molecule has 0 saturated heterocycles. The van der Waals surface area contributed by atoms with E-state index in [-0.39, 0.29) is 0 Å². The van der Waals surface area contributed by atoms with E-state index in [9.17, 15) is 0 Å². The topological polar surface area (TPSA) is 129 Å². The third kappa shape index (κ3) is 13.9. The molecule has 18 aromatic rings. The molecule has 0 radical (unpaired) electrons. The average Bonchev–Trinajstić information content (AvgIpc) is 0.782. The van der Waals surface area contributed by atoms with Gasteiger partial charge < -0.3 is 0 Å². The lowest BCUT2D eigenvalue weighted by Gasteiger charge is -2.13. The van der Waals surface area contributed by atoms with Crippen molar-refractivity contribution < 1.29 is 0 Å². The highest BCUT2D eigenvalue weighted by Gasteiger charge is 2.20. The second-order valence-corrected chi connectivity index (χ2v) is 25.2. The third-order valence-corrected chi connectivity index (χ3v) is 18.4. The number of nitrogens with zero attached hydrogens (tertiary/aromatic N) is 10. The van der Waals surface area contributed by atoms with Crippen LogP contribution in [0.25, 0.3) is 179 Å². The largest absolute Gasteiger partial charge is 0.256 e. The summed E-state index contributed by atoms with van der Waals surface area (Å²) >= 11 is 0. The van der Waals surface area contributed by atoms with Crippen LogP contribution < -0.4 is 0 Å². The monoisotopic (exact) mass is 1330 g/mol. The van der Waals surface area contributed by atoms with Gasteiger partial charge in [-0.15, -0.1) is 0 Å². The second-order valence-electron chi connectivity index (χ2n) is 25.2. The molecule has 10 heteroatoms. The van der Waals surface area contributed by atoms with Gasteiger partial charge >= 0.3 is 0 Å². The van der Waals surface area contributed by atoms with Crippen molar-refractivity contribution in [1.29, 1.82) is 0 Å². The van der Waals surface area contributed by atoms with Crippen molar-refractivity contribution in [2.45, 2.75) is 0 Å². The smallest absolute Gasteiger partial charge is 0.164 e. The van der Waals surface area contributed by atoms with Gasteiger partial charge in [0, 0.05) is 80.4 Å². The number of hydrogen-bond donors (Lipinski definition) is 0. The molecule has 0 bridgehead atoms. The molecular formula is C94H62N10. The number of aromatic nitrogens is 10. The minimum Gasteiger partial charge on any atom is -0.256 e. The summed E-state index contributed by atoms with van der Waals surface area (Å²) in [6, 6.07) is 121. The first-order chi connectivity index (χ1) is 51.5. The van der Waals surface area contributed by atoms with E-state index in [0.717, 1.165) is 134 Å². The minimum absolute atomic E-state index is 0.570. The van der Waals surface area contributed by atoms with Crippen LogP contribution in [0.5, 0.6) is 0 Å². The molecule has 0 N–H and O–H groups in total. The van der Waals surface area contributed by atoms with E-state index in [2.05, 4.69) is 287 Å². The Morgan fingerprint density at radius 1 is 0.125 bits per heavy atom. The molecular weight excluding hydrogens is 1270 g/mol. The average molecular weight is 1330 g/mol. The standard InChI is InChI=1S/C51H33N5.C43H29N5/c1-3-11-40-29-42(25-19-34(40)9-1)49-54-50(43-26-20-35-10-2-4-12-41(35)30-43)56-51(55-49)46-32-44(36-15-21-38(22-16-36)47-13-5-7-27-52-47)31-45(33-46)37-17-23-39(24-18-37)48-14-6-8-28-53-48;1-3-13-30(14-4-1)32-17-11-19-34(25-32)41-46-42(35-20-12-18-33(26-35)31-15-5-2-6-16-31)48-43(47-41)38-28-36(39-21-7-9-23-44-39)27-37(29-38)40-22-8-10-24-45-40/h1-33H;1-29H. The Kier molecular flexibility index (Phi) is 17.6. The Morgan fingerprint density at radius 3 is 0.731 bits per heavy atom. The molecule has 0 saturated carbocycles. The predicted octanol–water partition coefficient (Wildman–Crippen LogP) is 23.0. The van der Waals surface area contributed by atoms with Gasteiger partial charge in [0.05, 0.1) is 22.8 Å². The highest BCUT2D eigenvalue weighted by Crippen LogP contribution is 2.38. The summed E-state index contributed by atoms with van der Waals surface area (Å²) in [5, 5.41) is 4.60. The Balaban J connectivity index is 0.000000156. The number of rotatable bonds is 14. The molecule has 0 aliphatic heterocycles. The molecule has 10 nitrogen and oxygen atoms in total. The molecule has 6 aromatic heterocycles. The van der Waals surface area contributed by atoms with E-state index < -0.39 is 0 Å². The van der Waals surface area contributed by atoms with Gasteiger partial charge in [0.2, 0.25) is 0 Å². The number of fused-ring (bicyclic) bond motifs is 2. The molecule has 0 amide bonds. The van der Waals surface area contributed by atoms with Gasteiger partial charge in [-0.05, 0) is 175 Å². The molecule has 0 aliphatic carbocycles. The summed E-state index contributed by atoms with van der Waals surface area (Å²) in [5.74, 6) is 3.61. The van der Waals surface area contributed by atoms with Gasteiger partial charge in [-0.25, -0.2) is 29.9 Å². The second kappa shape index (κ2) is 28.9. The fourth-order valence-electron chi connectivity index (χ4n) is 13.1. The summed E-state index contributed by atoms with van der Waals surface area (Å²) in [7, 11) is 0. The van der Waals surface area contributed by atoms with Crippen molar-refractivity contribution in [3.8, 4) is 158 Å². The van der Waals surface area contributed by atoms with Crippen LogP contribution in [0.3, 0.4) is 0 Å². The molecule has 0 unspecified atom stereocenters. The highest BCUT2D eigenvalue weighted by atomic mass is 15.0. The highest BCUT2D eigenvalue weighted by molar-refractivity contribution is 5.90. The molecule has 0 fully saturated rings. The normalized spacial score (nSPS) is 11.1. The zero-order valence-corrected chi connectivity index (χ0v) is 56.3. The van der Waals surface area contributed by atoms with Gasteiger partial charge in [0.25, 0.3) is 0 Å². The lowest BCUT2D eigenvalue weighted by atomic mass is 9.94. The van der Waals surface area contributed by atoms with E-state index in [0.29, 0.717) is 34.9 Å². The van der Waals surface area contributed by atoms with Crippen molar-refractivity contribution >= 4 is 21.5 Å². The summed E-state index contributed by atoms with van der Waals surface area (Å²) in [6.45, 7) is 0. The fourth-order valence-corrected chi connectivity index (χ4v) is 13.1. The maximum atomic E-state index is 5.21. The van der Waals surface area contributed by atoms with Crippen LogP contribution in [0.1, 0.15) is 0 Å². The number of benzene rings is 12. The first-order valence-electron chi connectivity index (χ1n) is 34.5. The fraction of sp³-hybridized carbons (Fsp3) is 0. The summed E-state index contributed by atoms with van der Waals surface area (Å²) in [6.07, 6.45) is 7.26. The van der Waals surface area contributed by atoms with Crippen molar-refractivity contribution in [3.05, 3.63) is 377 Å². The minimum atomic E-state index is 0.570. The molecule has 104 heavy (non-hydrogen) atoms. The van der Waals surface area contributed by atoms with E-state index in [1.165, 1.54) is 10.8 Å². The van der Waals surface area contributed by atoms with Crippen LogP contribution in [0.4, 0.5) is 0 Å². The molecule has 6 heterocycles. The Labute approximate surface area is 602 Å². The third-order valence-electron chi connectivity index (χ3n) is 18.4. The van der Waals surface area contributed by atoms with Crippen LogP contribution in [0, 0.1) is 0 Å². The van der Waals surface area contributed by atoms with Crippen LogP contribution in [-0.2, 0) is 0 Å². The van der Waals surface area contributed by atoms with Gasteiger partial charge in [-0.1, -0.05) is 243 Å². The first-order valence-corrected chi connectivity index (χ1v) is 34.5. The van der Waals surface area contributed by atoms with Gasteiger partial charge in [-0.3, -0.25) is 19.9 Å². The van der Waals surface area contributed by atoms with Crippen molar-refractivity contribution in [2.24, 2.45) is 0 Å². The van der Waals surface area contributed by atoms with Crippen LogP contribution >= 0.6 is 0 Å². The maximum Gasteiger partial charge on any atom is 0.164 e. The van der Waals surface area contributed by atoms with Crippen molar-refractivity contribution in [2.75, 3.05) is 0 Å². The van der Waals surface area contributed by atoms with Crippen LogP contribution in [0.15, 0.2) is 377 Å². The zero-order chi connectivity index (χ0) is 69.4. The van der Waals surface area contributed by atoms with Crippen LogP contribution in [-0.4, -0.2) is 49.8 Å². The summed E-state index contributed by atoms with van der Waals surface area (Å²) < 4.78 is 0. The lowest BCUT2D eigenvalue weighted by molar-refractivity contribution is 1.07. The maximum absolute atomic E-state index is 5.21. The Hall–Kier alpha value is -14.2. The van der Waals surface area contributed by atoms with Crippen molar-refractivity contribution in [1.82, 2.24) is 49.8 Å². The molecule has 488 valence electrons. The SMILES string of the molecule is c1ccc(-c2ccc(-c3cc(-c4ccc(-c5ccccn5)cc4)cc(-c4nc(-c5ccc6ccccc6c5)nc(-c5ccc6ccccc6c5)n4)c3)cc2)nc1.c1ccc(-c2cccc(-c3nc(-c4cccc(-c5ccccc5)c4)nc(-c4cc(-c5ccccn5)cc(-c5ccccn5)c4)n3)c2)cc1. The lowest BCUT2D eigenvalue weighted by Crippen LogP contribution is -2.01. The molecule has 0 aliphatic rings. The van der Waals surface area contributed by atoms with Gasteiger partial charge in [-0.2, -0.15) is 0 Å². The number of hydrogen-bond acceptors (Lipinski definition) is 10. The van der Waals surface area contributed by atoms with Gasteiger partial charge in [0.1, 0.15) is 0 Å².